The molecular formula is C14H11N5O2. The summed E-state index contributed by atoms with van der Waals surface area (Å²) in [6.07, 6.45) is 3.08. The highest BCUT2D eigenvalue weighted by Crippen LogP contribution is 2.20. The normalized spacial score (nSPS) is 10.5. The van der Waals surface area contributed by atoms with E-state index >= 15 is 0 Å². The van der Waals surface area contributed by atoms with Gasteiger partial charge in [0.05, 0.1) is 22.5 Å². The van der Waals surface area contributed by atoms with Crippen molar-refractivity contribution in [1.82, 2.24) is 20.0 Å². The summed E-state index contributed by atoms with van der Waals surface area (Å²) in [5, 5.41) is 18.8. The van der Waals surface area contributed by atoms with Gasteiger partial charge in [0, 0.05) is 18.3 Å². The average Bonchev–Trinajstić information content (AvgIpc) is 2.97. The van der Waals surface area contributed by atoms with Crippen LogP contribution in [0.1, 0.15) is 5.56 Å². The van der Waals surface area contributed by atoms with Gasteiger partial charge in [0.15, 0.2) is 0 Å². The molecular weight excluding hydrogens is 270 g/mol. The van der Waals surface area contributed by atoms with Crippen LogP contribution < -0.4 is 0 Å². The van der Waals surface area contributed by atoms with Crippen molar-refractivity contribution in [2.75, 3.05) is 0 Å². The predicted octanol–water partition coefficient (Wildman–Crippen LogP) is 2.55. The third kappa shape index (κ3) is 2.62. The Balaban J connectivity index is 1.98. The van der Waals surface area contributed by atoms with Crippen LogP contribution >= 0.6 is 0 Å². The molecule has 0 spiro atoms. The molecule has 0 bridgehead atoms. The lowest BCUT2D eigenvalue weighted by molar-refractivity contribution is -0.384. The molecule has 0 fully saturated rings. The van der Waals surface area contributed by atoms with Gasteiger partial charge in [-0.05, 0) is 24.6 Å². The minimum absolute atomic E-state index is 0.0231. The zero-order valence-electron chi connectivity index (χ0n) is 11.2. The Morgan fingerprint density at radius 2 is 2.05 bits per heavy atom. The van der Waals surface area contributed by atoms with E-state index in [4.69, 9.17) is 0 Å². The first-order valence-corrected chi connectivity index (χ1v) is 6.24. The molecule has 0 aliphatic rings. The van der Waals surface area contributed by atoms with Gasteiger partial charge < -0.3 is 0 Å². The third-order valence-electron chi connectivity index (χ3n) is 2.98. The maximum Gasteiger partial charge on any atom is 0.273 e. The molecule has 0 saturated carbocycles. The Morgan fingerprint density at radius 3 is 2.81 bits per heavy atom. The first kappa shape index (κ1) is 12.9. The number of pyridine rings is 1. The van der Waals surface area contributed by atoms with Gasteiger partial charge in [-0.25, -0.2) is 4.68 Å². The van der Waals surface area contributed by atoms with E-state index < -0.39 is 4.92 Å². The second-order valence-electron chi connectivity index (χ2n) is 4.54. The molecule has 0 radical (unpaired) electrons. The summed E-state index contributed by atoms with van der Waals surface area (Å²) in [5.41, 5.74) is 2.87. The summed E-state index contributed by atoms with van der Waals surface area (Å²) in [5.74, 6) is 0. The first-order valence-electron chi connectivity index (χ1n) is 6.24. The molecule has 0 aliphatic carbocycles. The Labute approximate surface area is 120 Å². The highest BCUT2D eigenvalue weighted by atomic mass is 16.6. The molecule has 0 saturated heterocycles. The smallest absolute Gasteiger partial charge is 0.258 e. The maximum absolute atomic E-state index is 10.8. The Hall–Kier alpha value is -3.09. The fourth-order valence-electron chi connectivity index (χ4n) is 1.95. The van der Waals surface area contributed by atoms with Crippen molar-refractivity contribution in [2.24, 2.45) is 0 Å². The summed E-state index contributed by atoms with van der Waals surface area (Å²) in [7, 11) is 0. The first-order chi connectivity index (χ1) is 10.1. The fourth-order valence-corrected chi connectivity index (χ4v) is 1.95. The van der Waals surface area contributed by atoms with Gasteiger partial charge in [0.25, 0.3) is 5.69 Å². The van der Waals surface area contributed by atoms with Crippen LogP contribution in [0.3, 0.4) is 0 Å². The lowest BCUT2D eigenvalue weighted by atomic mass is 10.2. The Morgan fingerprint density at radius 1 is 1.19 bits per heavy atom. The van der Waals surface area contributed by atoms with Crippen LogP contribution in [0.5, 0.6) is 0 Å². The van der Waals surface area contributed by atoms with E-state index in [0.29, 0.717) is 11.4 Å². The standard InChI is InChI=1S/C14H11N5O2/c1-10-3-2-4-11(7-10)18-9-14(16-17-18)13-8-12(19(20)21)5-6-15-13/h2-9H,1H3. The monoisotopic (exact) mass is 281 g/mol. The molecule has 3 aromatic rings. The average molecular weight is 281 g/mol. The summed E-state index contributed by atoms with van der Waals surface area (Å²) >= 11 is 0. The van der Waals surface area contributed by atoms with Gasteiger partial charge >= 0.3 is 0 Å². The number of nitro groups is 1. The molecule has 0 unspecified atom stereocenters. The van der Waals surface area contributed by atoms with E-state index in [1.807, 2.05) is 31.2 Å². The molecule has 7 heteroatoms. The van der Waals surface area contributed by atoms with Gasteiger partial charge in [-0.3, -0.25) is 15.1 Å². The van der Waals surface area contributed by atoms with Gasteiger partial charge in [-0.2, -0.15) is 0 Å². The Bertz CT molecular complexity index is 812. The summed E-state index contributed by atoms with van der Waals surface area (Å²) in [6.45, 7) is 1.99. The summed E-state index contributed by atoms with van der Waals surface area (Å²) < 4.78 is 1.61. The van der Waals surface area contributed by atoms with Crippen LogP contribution in [-0.4, -0.2) is 24.9 Å². The zero-order valence-corrected chi connectivity index (χ0v) is 11.2. The molecule has 1 aromatic carbocycles. The van der Waals surface area contributed by atoms with E-state index in [1.54, 1.807) is 10.9 Å². The minimum atomic E-state index is -0.462. The van der Waals surface area contributed by atoms with E-state index in [1.165, 1.54) is 18.3 Å². The van der Waals surface area contributed by atoms with Crippen LogP contribution in [0.4, 0.5) is 5.69 Å². The van der Waals surface area contributed by atoms with Crippen molar-refractivity contribution in [1.29, 1.82) is 0 Å². The van der Waals surface area contributed by atoms with E-state index in [9.17, 15) is 10.1 Å². The van der Waals surface area contributed by atoms with Crippen molar-refractivity contribution in [3.63, 3.8) is 0 Å². The zero-order chi connectivity index (χ0) is 14.8. The number of rotatable bonds is 3. The molecule has 3 rings (SSSR count). The molecule has 0 atom stereocenters. The van der Waals surface area contributed by atoms with Gasteiger partial charge in [-0.1, -0.05) is 17.3 Å². The molecule has 2 aromatic heterocycles. The van der Waals surface area contributed by atoms with Gasteiger partial charge in [0.1, 0.15) is 5.69 Å². The number of aryl methyl sites for hydroxylation is 1. The summed E-state index contributed by atoms with van der Waals surface area (Å²) in [4.78, 5) is 14.4. The van der Waals surface area contributed by atoms with Crippen LogP contribution in [0.2, 0.25) is 0 Å². The maximum atomic E-state index is 10.8. The lowest BCUT2D eigenvalue weighted by Crippen LogP contribution is -1.94. The number of aromatic nitrogens is 4. The van der Waals surface area contributed by atoms with Crippen molar-refractivity contribution in [3.05, 3.63) is 64.5 Å². The predicted molar refractivity (Wildman–Crippen MR) is 76.0 cm³/mol. The number of hydrogen-bond donors (Lipinski definition) is 0. The quantitative estimate of drug-likeness (QED) is 0.544. The van der Waals surface area contributed by atoms with E-state index in [0.717, 1.165) is 11.3 Å². The van der Waals surface area contributed by atoms with Crippen molar-refractivity contribution in [2.45, 2.75) is 6.92 Å². The number of hydrogen-bond acceptors (Lipinski definition) is 5. The number of benzene rings is 1. The molecule has 0 aliphatic heterocycles. The van der Waals surface area contributed by atoms with Crippen LogP contribution in [-0.2, 0) is 0 Å². The molecule has 104 valence electrons. The Kier molecular flexibility index (Phi) is 3.15. The molecule has 2 heterocycles. The van der Waals surface area contributed by atoms with Gasteiger partial charge in [-0.15, -0.1) is 5.10 Å². The van der Waals surface area contributed by atoms with Crippen LogP contribution in [0.15, 0.2) is 48.8 Å². The summed E-state index contributed by atoms with van der Waals surface area (Å²) in [6, 6.07) is 10.5. The highest BCUT2D eigenvalue weighted by Gasteiger charge is 2.11. The molecule has 7 nitrogen and oxygen atoms in total. The largest absolute Gasteiger partial charge is 0.273 e. The SMILES string of the molecule is Cc1cccc(-n2cc(-c3cc([N+](=O)[O-])ccn3)nn2)c1. The van der Waals surface area contributed by atoms with E-state index in [2.05, 4.69) is 15.3 Å². The third-order valence-corrected chi connectivity index (χ3v) is 2.98. The van der Waals surface area contributed by atoms with Crippen LogP contribution in [0.25, 0.3) is 17.1 Å². The van der Waals surface area contributed by atoms with Gasteiger partial charge in [0.2, 0.25) is 0 Å². The molecule has 0 N–H and O–H groups in total. The second kappa shape index (κ2) is 5.12. The van der Waals surface area contributed by atoms with Crippen LogP contribution in [0, 0.1) is 17.0 Å². The molecule has 0 amide bonds. The second-order valence-corrected chi connectivity index (χ2v) is 4.54. The van der Waals surface area contributed by atoms with Crippen molar-refractivity contribution in [3.8, 4) is 17.1 Å². The topological polar surface area (TPSA) is 86.7 Å². The van der Waals surface area contributed by atoms with Crippen molar-refractivity contribution < 1.29 is 4.92 Å². The lowest BCUT2D eigenvalue weighted by Gasteiger charge is -2.00. The van der Waals surface area contributed by atoms with E-state index in [-0.39, 0.29) is 5.69 Å². The minimum Gasteiger partial charge on any atom is -0.258 e. The fraction of sp³-hybridized carbons (Fsp3) is 0.0714. The highest BCUT2D eigenvalue weighted by molar-refractivity contribution is 5.56. The number of nitrogens with zero attached hydrogens (tertiary/aromatic N) is 5. The van der Waals surface area contributed by atoms with Crippen molar-refractivity contribution >= 4 is 5.69 Å². The molecule has 21 heavy (non-hydrogen) atoms.